The molecule has 98 valence electrons. The summed E-state index contributed by atoms with van der Waals surface area (Å²) in [4.78, 5) is 26.6. The molecule has 1 aromatic heterocycles. The van der Waals surface area contributed by atoms with Gasteiger partial charge in [0.05, 0.1) is 7.11 Å². The van der Waals surface area contributed by atoms with Gasteiger partial charge in [-0.3, -0.25) is 4.79 Å². The lowest BCUT2D eigenvalue weighted by molar-refractivity contribution is 0.0572. The van der Waals surface area contributed by atoms with Crippen LogP contribution in [0.2, 0.25) is 0 Å². The second-order valence-electron chi connectivity index (χ2n) is 3.85. The third-order valence-corrected chi connectivity index (χ3v) is 3.21. The highest BCUT2D eigenvalue weighted by atomic mass is 79.9. The number of hydrogen-bond acceptors (Lipinski definition) is 4. The Morgan fingerprint density at radius 3 is 2.33 bits per heavy atom. The first kappa shape index (κ1) is 12.9. The molecule has 1 aliphatic rings. The topological polar surface area (TPSA) is 63.0 Å². The number of rotatable bonds is 1. The van der Waals surface area contributed by atoms with Crippen LogP contribution in [0.5, 0.6) is 0 Å². The summed E-state index contributed by atoms with van der Waals surface area (Å²) in [5, 5.41) is 0. The smallest absolute Gasteiger partial charge is 0.409 e. The summed E-state index contributed by atoms with van der Waals surface area (Å²) >= 11 is 3.16. The largest absolute Gasteiger partial charge is 0.453 e. The molecular weight excluding hydrogens is 304 g/mol. The Kier molecular flexibility index (Phi) is 3.90. The van der Waals surface area contributed by atoms with Gasteiger partial charge in [-0.05, 0) is 28.1 Å². The van der Waals surface area contributed by atoms with Crippen molar-refractivity contribution in [3.05, 3.63) is 22.6 Å². The quantitative estimate of drug-likeness (QED) is 0.789. The van der Waals surface area contributed by atoms with Gasteiger partial charge in [-0.25, -0.2) is 4.79 Å². The predicted molar refractivity (Wildman–Crippen MR) is 66.3 cm³/mol. The Hall–Kier alpha value is -1.50. The first-order chi connectivity index (χ1) is 8.61. The maximum atomic E-state index is 12.0. The number of amides is 2. The van der Waals surface area contributed by atoms with Crippen molar-refractivity contribution in [1.82, 2.24) is 9.80 Å². The van der Waals surface area contributed by atoms with E-state index in [1.165, 1.54) is 7.11 Å². The molecule has 0 atom stereocenters. The molecule has 1 aromatic rings. The van der Waals surface area contributed by atoms with Gasteiger partial charge in [-0.1, -0.05) is 0 Å². The first-order valence-corrected chi connectivity index (χ1v) is 6.28. The average molecular weight is 317 g/mol. The van der Waals surface area contributed by atoms with Crippen LogP contribution in [0.25, 0.3) is 0 Å². The number of carbonyl (C=O) groups is 2. The summed E-state index contributed by atoms with van der Waals surface area (Å²) in [7, 11) is 1.35. The monoisotopic (exact) mass is 316 g/mol. The minimum Gasteiger partial charge on any atom is -0.453 e. The highest BCUT2D eigenvalue weighted by Gasteiger charge is 2.26. The maximum Gasteiger partial charge on any atom is 0.409 e. The first-order valence-electron chi connectivity index (χ1n) is 5.49. The van der Waals surface area contributed by atoms with Crippen LogP contribution in [0.15, 0.2) is 21.2 Å². The van der Waals surface area contributed by atoms with Crippen molar-refractivity contribution in [3.63, 3.8) is 0 Å². The molecule has 6 nitrogen and oxygen atoms in total. The van der Waals surface area contributed by atoms with E-state index in [0.29, 0.717) is 36.6 Å². The van der Waals surface area contributed by atoms with Gasteiger partial charge in [0.2, 0.25) is 0 Å². The summed E-state index contributed by atoms with van der Waals surface area (Å²) in [5.41, 5.74) is 0. The van der Waals surface area contributed by atoms with Crippen molar-refractivity contribution in [1.29, 1.82) is 0 Å². The number of nitrogens with zero attached hydrogens (tertiary/aromatic N) is 2. The van der Waals surface area contributed by atoms with Gasteiger partial charge >= 0.3 is 6.09 Å². The normalized spacial score (nSPS) is 15.7. The molecule has 1 fully saturated rings. The van der Waals surface area contributed by atoms with Crippen LogP contribution >= 0.6 is 15.9 Å². The average Bonchev–Trinajstić information content (AvgIpc) is 2.84. The molecule has 2 amide bonds. The van der Waals surface area contributed by atoms with Crippen molar-refractivity contribution in [2.45, 2.75) is 0 Å². The molecule has 0 radical (unpaired) electrons. The van der Waals surface area contributed by atoms with E-state index in [0.717, 1.165) is 0 Å². The van der Waals surface area contributed by atoms with Crippen molar-refractivity contribution in [3.8, 4) is 0 Å². The Morgan fingerprint density at radius 1 is 1.22 bits per heavy atom. The molecule has 0 bridgehead atoms. The van der Waals surface area contributed by atoms with Gasteiger partial charge in [0, 0.05) is 26.2 Å². The van der Waals surface area contributed by atoms with E-state index in [4.69, 9.17) is 4.42 Å². The number of furan rings is 1. The molecule has 18 heavy (non-hydrogen) atoms. The lowest BCUT2D eigenvalue weighted by Crippen LogP contribution is -2.50. The third-order valence-electron chi connectivity index (χ3n) is 2.78. The van der Waals surface area contributed by atoms with E-state index in [2.05, 4.69) is 20.7 Å². The minimum absolute atomic E-state index is 0.162. The van der Waals surface area contributed by atoms with E-state index in [9.17, 15) is 9.59 Å². The van der Waals surface area contributed by atoms with Crippen LogP contribution in [-0.2, 0) is 4.74 Å². The maximum absolute atomic E-state index is 12.0. The summed E-state index contributed by atoms with van der Waals surface area (Å²) in [6.45, 7) is 1.90. The lowest BCUT2D eigenvalue weighted by Gasteiger charge is -2.33. The fraction of sp³-hybridized carbons (Fsp3) is 0.455. The van der Waals surface area contributed by atoms with E-state index >= 15 is 0 Å². The highest BCUT2D eigenvalue weighted by Crippen LogP contribution is 2.16. The number of hydrogen-bond donors (Lipinski definition) is 0. The minimum atomic E-state index is -0.358. The number of ether oxygens (including phenoxy) is 1. The summed E-state index contributed by atoms with van der Waals surface area (Å²) < 4.78 is 10.4. The Labute approximate surface area is 113 Å². The Balaban J connectivity index is 1.94. The zero-order chi connectivity index (χ0) is 13.1. The number of methoxy groups -OCH3 is 1. The van der Waals surface area contributed by atoms with Crippen molar-refractivity contribution < 1.29 is 18.7 Å². The zero-order valence-electron chi connectivity index (χ0n) is 9.89. The van der Waals surface area contributed by atoms with Crippen LogP contribution in [0, 0.1) is 0 Å². The molecule has 1 aliphatic heterocycles. The standard InChI is InChI=1S/C11H13BrN2O4/c1-17-11(16)14-6-4-13(5-7-14)10(15)8-2-3-9(12)18-8/h2-3H,4-7H2,1H3. The second kappa shape index (κ2) is 5.43. The van der Waals surface area contributed by atoms with Gasteiger partial charge in [-0.15, -0.1) is 0 Å². The molecule has 7 heteroatoms. The molecule has 2 heterocycles. The van der Waals surface area contributed by atoms with Gasteiger partial charge in [0.15, 0.2) is 10.4 Å². The SMILES string of the molecule is COC(=O)N1CCN(C(=O)c2ccc(Br)o2)CC1. The van der Waals surface area contributed by atoms with Crippen LogP contribution in [0.3, 0.4) is 0 Å². The van der Waals surface area contributed by atoms with Gasteiger partial charge in [-0.2, -0.15) is 0 Å². The van der Waals surface area contributed by atoms with E-state index < -0.39 is 0 Å². The highest BCUT2D eigenvalue weighted by molar-refractivity contribution is 9.10. The molecule has 0 spiro atoms. The lowest BCUT2D eigenvalue weighted by atomic mass is 10.3. The van der Waals surface area contributed by atoms with Gasteiger partial charge < -0.3 is 19.0 Å². The van der Waals surface area contributed by atoms with Crippen LogP contribution in [0.1, 0.15) is 10.6 Å². The predicted octanol–water partition coefficient (Wildman–Crippen LogP) is 1.57. The third kappa shape index (κ3) is 2.66. The van der Waals surface area contributed by atoms with Crippen LogP contribution < -0.4 is 0 Å². The molecular formula is C11H13BrN2O4. The van der Waals surface area contributed by atoms with E-state index in [1.807, 2.05) is 0 Å². The summed E-state index contributed by atoms with van der Waals surface area (Å²) in [6, 6.07) is 3.30. The second-order valence-corrected chi connectivity index (χ2v) is 4.63. The van der Waals surface area contributed by atoms with Crippen LogP contribution in [-0.4, -0.2) is 55.1 Å². The zero-order valence-corrected chi connectivity index (χ0v) is 11.5. The van der Waals surface area contributed by atoms with E-state index in [1.54, 1.807) is 21.9 Å². The van der Waals surface area contributed by atoms with E-state index in [-0.39, 0.29) is 12.0 Å². The van der Waals surface area contributed by atoms with Gasteiger partial charge in [0.25, 0.3) is 5.91 Å². The molecule has 0 saturated carbocycles. The number of piperazine rings is 1. The Morgan fingerprint density at radius 2 is 1.83 bits per heavy atom. The van der Waals surface area contributed by atoms with Gasteiger partial charge in [0.1, 0.15) is 0 Å². The van der Waals surface area contributed by atoms with Crippen LogP contribution in [0.4, 0.5) is 4.79 Å². The number of halogens is 1. The fourth-order valence-corrected chi connectivity index (χ4v) is 2.11. The molecule has 1 saturated heterocycles. The fourth-order valence-electron chi connectivity index (χ4n) is 1.81. The summed E-state index contributed by atoms with van der Waals surface area (Å²) in [6.07, 6.45) is -0.358. The molecule has 2 rings (SSSR count). The molecule has 0 unspecified atom stereocenters. The van der Waals surface area contributed by atoms with Crippen molar-refractivity contribution in [2.24, 2.45) is 0 Å². The molecule has 0 aliphatic carbocycles. The summed E-state index contributed by atoms with van der Waals surface area (Å²) in [5.74, 6) is 0.138. The molecule has 0 aromatic carbocycles. The van der Waals surface area contributed by atoms with Crippen molar-refractivity contribution >= 4 is 27.9 Å². The van der Waals surface area contributed by atoms with Crippen molar-refractivity contribution in [2.75, 3.05) is 33.3 Å². The number of carbonyl (C=O) groups excluding carboxylic acids is 2. The molecule has 0 N–H and O–H groups in total. The Bertz CT molecular complexity index is 452.